The second-order valence-electron chi connectivity index (χ2n) is 29.0. The third kappa shape index (κ3) is 23.8. The molecule has 12 amide bonds. The molecule has 6 N–H and O–H groups in total. The Morgan fingerprint density at radius 2 is 0.796 bits per heavy atom. The maximum Gasteiger partial charge on any atom is 0.248 e. The number of nitrogens with zero attached hydrogens (tertiary/aromatic N) is 7. The summed E-state index contributed by atoms with van der Waals surface area (Å²) in [6.45, 7) is 13.9. The van der Waals surface area contributed by atoms with Gasteiger partial charge in [-0.2, -0.15) is 0 Å². The van der Waals surface area contributed by atoms with Crippen molar-refractivity contribution >= 4 is 70.9 Å². The molecule has 4 aromatic carbocycles. The molecule has 6 rings (SSSR count). The Bertz CT molecular complexity index is 3520. The first-order valence-electron chi connectivity index (χ1n) is 36.0. The van der Waals surface area contributed by atoms with Crippen LogP contribution in [0.25, 0.3) is 0 Å². The zero-order valence-corrected chi connectivity index (χ0v) is 62.5. The van der Waals surface area contributed by atoms with Crippen LogP contribution in [-0.4, -0.2) is 239 Å². The number of rotatable bonds is 16. The van der Waals surface area contributed by atoms with Gasteiger partial charge in [-0.05, 0) is 92.4 Å². The molecule has 11 atom stereocenters. The first kappa shape index (κ1) is 82.4. The second kappa shape index (κ2) is 39.2. The van der Waals surface area contributed by atoms with Crippen molar-refractivity contribution in [2.45, 2.75) is 193 Å². The molecule has 2 saturated heterocycles. The highest BCUT2D eigenvalue weighted by molar-refractivity contribution is 6.00. The first-order valence-corrected chi connectivity index (χ1v) is 36.0. The number of benzene rings is 4. The van der Waals surface area contributed by atoms with Crippen molar-refractivity contribution in [3.05, 3.63) is 144 Å². The van der Waals surface area contributed by atoms with Crippen molar-refractivity contribution in [1.82, 2.24) is 60.9 Å². The van der Waals surface area contributed by atoms with Crippen LogP contribution in [0.3, 0.4) is 0 Å². The minimum atomic E-state index is -1.74. The monoisotopic (exact) mass is 1420 g/mol. The van der Waals surface area contributed by atoms with Crippen LogP contribution in [0.5, 0.6) is 0 Å². The van der Waals surface area contributed by atoms with Crippen molar-refractivity contribution in [2.24, 2.45) is 17.8 Å². The number of likely N-dealkylation sites (N-methyl/N-ethyl adjacent to an activating group) is 6. The quantitative estimate of drug-likeness (QED) is 0.0928. The number of likely N-dealkylation sites (tertiary alicyclic amines) is 1. The Kier molecular flexibility index (Phi) is 31.4. The zero-order valence-electron chi connectivity index (χ0n) is 62.5. The van der Waals surface area contributed by atoms with Gasteiger partial charge in [0.15, 0.2) is 0 Å². The average Bonchev–Trinajstić information content (AvgIpc) is 0.823. The number of aliphatic hydroxyl groups excluding tert-OH is 1. The number of carbonyl (C=O) groups is 12. The van der Waals surface area contributed by atoms with E-state index in [2.05, 4.69) is 26.6 Å². The molecule has 25 heteroatoms. The van der Waals surface area contributed by atoms with Crippen molar-refractivity contribution in [1.29, 1.82) is 0 Å². The van der Waals surface area contributed by atoms with E-state index >= 15 is 38.4 Å². The molecule has 0 radical (unpaired) electrons. The third-order valence-electron chi connectivity index (χ3n) is 19.4. The van der Waals surface area contributed by atoms with E-state index in [4.69, 9.17) is 0 Å². The molecule has 103 heavy (non-hydrogen) atoms. The van der Waals surface area contributed by atoms with E-state index in [9.17, 15) is 24.3 Å². The number of amides is 12. The number of carbonyl (C=O) groups excluding carboxylic acids is 12. The number of nitrogens with one attached hydrogen (secondary N) is 5. The number of aliphatic hydroxyl groups is 1. The Balaban J connectivity index is 1.49. The van der Waals surface area contributed by atoms with Crippen molar-refractivity contribution in [3.8, 4) is 0 Å². The predicted molar refractivity (Wildman–Crippen MR) is 391 cm³/mol. The van der Waals surface area contributed by atoms with E-state index in [-0.39, 0.29) is 62.7 Å². The Labute approximate surface area is 607 Å². The summed E-state index contributed by atoms with van der Waals surface area (Å²) in [6, 6.07) is 21.4. The van der Waals surface area contributed by atoms with Crippen LogP contribution in [-0.2, 0) is 83.2 Å². The molecular formula is C78H110N12O13. The smallest absolute Gasteiger partial charge is 0.248 e. The average molecular weight is 1420 g/mol. The van der Waals surface area contributed by atoms with Crippen molar-refractivity contribution in [2.75, 3.05) is 61.9 Å². The minimum Gasteiger partial charge on any atom is -0.391 e. The lowest BCUT2D eigenvalue weighted by Gasteiger charge is -2.36. The first-order chi connectivity index (χ1) is 48.8. The molecule has 2 heterocycles. The molecule has 4 aromatic rings. The molecule has 2 fully saturated rings. The van der Waals surface area contributed by atoms with Gasteiger partial charge in [0.1, 0.15) is 60.4 Å². The molecule has 560 valence electrons. The van der Waals surface area contributed by atoms with E-state index in [0.717, 1.165) is 26.0 Å². The lowest BCUT2D eigenvalue weighted by atomic mass is 9.97. The maximum atomic E-state index is 15.2. The third-order valence-corrected chi connectivity index (χ3v) is 19.4. The summed E-state index contributed by atoms with van der Waals surface area (Å²) < 4.78 is 0. The predicted octanol–water partition coefficient (Wildman–Crippen LogP) is 3.93. The summed E-state index contributed by atoms with van der Waals surface area (Å²) in [6.07, 6.45) is -0.193. The summed E-state index contributed by atoms with van der Waals surface area (Å²) in [7, 11) is 8.31. The Hall–Kier alpha value is -9.52. The van der Waals surface area contributed by atoms with E-state index in [1.54, 1.807) is 126 Å². The molecule has 2 aliphatic rings. The van der Waals surface area contributed by atoms with Crippen LogP contribution in [0, 0.1) is 17.8 Å². The molecule has 0 spiro atoms. The molecular weight excluding hydrogens is 1310 g/mol. The topological polar surface area (TPSA) is 308 Å². The van der Waals surface area contributed by atoms with E-state index in [0.29, 0.717) is 48.2 Å². The largest absolute Gasteiger partial charge is 0.391 e. The highest BCUT2D eigenvalue weighted by Crippen LogP contribution is 2.22. The normalized spacial score (nSPS) is 24.4. The number of hydrogen-bond donors (Lipinski definition) is 6. The van der Waals surface area contributed by atoms with Gasteiger partial charge in [0, 0.05) is 81.1 Å². The van der Waals surface area contributed by atoms with Crippen molar-refractivity contribution in [3.63, 3.8) is 0 Å². The fourth-order valence-corrected chi connectivity index (χ4v) is 13.1. The molecule has 0 unspecified atom stereocenters. The van der Waals surface area contributed by atoms with Gasteiger partial charge in [0.05, 0.1) is 19.1 Å². The molecule has 25 nitrogen and oxygen atoms in total. The van der Waals surface area contributed by atoms with Gasteiger partial charge in [0.25, 0.3) is 0 Å². The van der Waals surface area contributed by atoms with Gasteiger partial charge >= 0.3 is 0 Å². The maximum absolute atomic E-state index is 15.2. The van der Waals surface area contributed by atoms with Gasteiger partial charge < -0.3 is 66.0 Å². The fraction of sp³-hybridized carbons (Fsp3) is 0.538. The van der Waals surface area contributed by atoms with Crippen LogP contribution in [0.1, 0.15) is 123 Å². The zero-order chi connectivity index (χ0) is 75.9. The number of hydrogen-bond acceptors (Lipinski definition) is 13. The summed E-state index contributed by atoms with van der Waals surface area (Å²) in [4.78, 5) is 189. The van der Waals surface area contributed by atoms with Gasteiger partial charge in [-0.3, -0.25) is 57.5 Å². The molecule has 2 aliphatic heterocycles. The summed E-state index contributed by atoms with van der Waals surface area (Å²) in [5.74, 6) is -9.58. The van der Waals surface area contributed by atoms with E-state index in [1.165, 1.54) is 65.9 Å². The highest BCUT2D eigenvalue weighted by atomic mass is 16.3. The minimum absolute atomic E-state index is 0.0132. The van der Waals surface area contributed by atoms with Crippen LogP contribution in [0.4, 0.5) is 0 Å². The van der Waals surface area contributed by atoms with Gasteiger partial charge in [-0.15, -0.1) is 0 Å². The number of piperidine rings is 1. The highest BCUT2D eigenvalue weighted by Gasteiger charge is 2.43. The van der Waals surface area contributed by atoms with Crippen LogP contribution < -0.4 is 26.6 Å². The van der Waals surface area contributed by atoms with E-state index < -0.39 is 150 Å². The summed E-state index contributed by atoms with van der Waals surface area (Å²) in [5.41, 5.74) is 2.50. The molecule has 0 aromatic heterocycles. The summed E-state index contributed by atoms with van der Waals surface area (Å²) >= 11 is 0. The molecule has 0 bridgehead atoms. The second-order valence-corrected chi connectivity index (χ2v) is 29.0. The van der Waals surface area contributed by atoms with Gasteiger partial charge in [-0.1, -0.05) is 163 Å². The van der Waals surface area contributed by atoms with Crippen LogP contribution in [0.15, 0.2) is 121 Å². The standard InChI is InChI=1S/C78H110N12O13/c1-49(2)40-58-69(94)80-61(77(102)90-38-28-19-29-39-90)47-66(92)85(10)52(7)74(99)87(12)64(45-56-34-24-17-25-35-56)72(97)81-59(41-50(3)4)76(101)88(13)62(42-51(5)6)70(95)82-60(43-54-30-20-15-21-31-54)75(100)84(9)48-67(93)86(11)63(44-55-32-22-16-23-33-55)73(98)83-68(53(8)91)78(103)89(14)65(71(96)79-58)46-57-36-26-18-27-37-57/h15-18,20-27,30-37,49-53,58-65,68,91H,19,28-29,38-48H2,1-14H3,(H,79,96)(H,80,94)(H,81,97)(H,82,95)(H,83,98)/t52-,53+,58-,59-,60-,61-,62-,63-,64-,65-,68-/m0/s1. The lowest BCUT2D eigenvalue weighted by molar-refractivity contribution is -0.149. The van der Waals surface area contributed by atoms with Gasteiger partial charge in [-0.25, -0.2) is 0 Å². The summed E-state index contributed by atoms with van der Waals surface area (Å²) in [5, 5.41) is 25.7. The Morgan fingerprint density at radius 3 is 1.25 bits per heavy atom. The van der Waals surface area contributed by atoms with E-state index in [1.807, 2.05) is 41.5 Å². The lowest BCUT2D eigenvalue weighted by Crippen LogP contribution is -2.62. The Morgan fingerprint density at radius 1 is 0.408 bits per heavy atom. The molecule has 0 saturated carbocycles. The van der Waals surface area contributed by atoms with Gasteiger partial charge in [0.2, 0.25) is 70.9 Å². The van der Waals surface area contributed by atoms with Crippen LogP contribution in [0.2, 0.25) is 0 Å². The SMILES string of the molecule is CC(C)C[C@@H]1NC(=O)[C@H](Cc2ccccc2)N(C)C(=O)[C@H]([C@@H](C)O)NC(=O)[C@H](Cc2ccccc2)N(C)C(=O)CN(C)C(=O)[C@H](Cc2ccccc2)NC(=O)[C@H](CC(C)C)N(C)C(=O)[C@H](CC(C)C)NC(=O)[C@H](Cc2ccccc2)N(C)C(=O)[C@H](C)N(C)C(=O)C[C@@H](C(=O)N2CCCCC2)NC1=O. The van der Waals surface area contributed by atoms with Crippen molar-refractivity contribution < 1.29 is 62.6 Å². The van der Waals surface area contributed by atoms with Crippen LogP contribution >= 0.6 is 0 Å². The molecule has 0 aliphatic carbocycles. The fourth-order valence-electron chi connectivity index (χ4n) is 13.1.